The van der Waals surface area contributed by atoms with E-state index >= 15 is 0 Å². The highest BCUT2D eigenvalue weighted by atomic mass is 19.3. The van der Waals surface area contributed by atoms with E-state index in [1.54, 1.807) is 13.0 Å². The average Bonchev–Trinajstić information content (AvgIpc) is 2.62. The van der Waals surface area contributed by atoms with Crippen LogP contribution in [0.2, 0.25) is 0 Å². The van der Waals surface area contributed by atoms with E-state index in [4.69, 9.17) is 0 Å². The molecule has 0 atom stereocenters. The molecule has 2 aromatic rings. The standard InChI is InChI=1S/C11H13F2N5/c1-6-4-9(18-17-6)16-10-8(11(3,12)13)5-14-7(2)15-10/h4-5H,1-3H3,(H2,14,15,16,17,18). The van der Waals surface area contributed by atoms with Crippen LogP contribution in [-0.2, 0) is 5.92 Å². The predicted molar refractivity (Wildman–Crippen MR) is 62.9 cm³/mol. The highest BCUT2D eigenvalue weighted by Gasteiger charge is 2.29. The highest BCUT2D eigenvalue weighted by molar-refractivity contribution is 5.56. The lowest BCUT2D eigenvalue weighted by atomic mass is 10.2. The zero-order chi connectivity index (χ0) is 13.3. The van der Waals surface area contributed by atoms with Gasteiger partial charge in [-0.25, -0.2) is 18.7 Å². The third-order valence-corrected chi connectivity index (χ3v) is 2.33. The van der Waals surface area contributed by atoms with Gasteiger partial charge in [-0.05, 0) is 13.8 Å². The van der Waals surface area contributed by atoms with Gasteiger partial charge in [0.2, 0.25) is 0 Å². The first-order valence-corrected chi connectivity index (χ1v) is 5.37. The van der Waals surface area contributed by atoms with Crippen molar-refractivity contribution in [1.82, 2.24) is 20.2 Å². The van der Waals surface area contributed by atoms with E-state index in [0.29, 0.717) is 11.6 Å². The van der Waals surface area contributed by atoms with Gasteiger partial charge in [0, 0.05) is 24.9 Å². The van der Waals surface area contributed by atoms with Crippen LogP contribution in [0.5, 0.6) is 0 Å². The van der Waals surface area contributed by atoms with E-state index in [9.17, 15) is 8.78 Å². The Morgan fingerprint density at radius 2 is 2.06 bits per heavy atom. The second-order valence-electron chi connectivity index (χ2n) is 4.13. The van der Waals surface area contributed by atoms with Crippen molar-refractivity contribution in [2.45, 2.75) is 26.7 Å². The van der Waals surface area contributed by atoms with E-state index < -0.39 is 5.92 Å². The second-order valence-corrected chi connectivity index (χ2v) is 4.13. The Hall–Kier alpha value is -2.05. The molecule has 0 aromatic carbocycles. The molecule has 0 aliphatic rings. The van der Waals surface area contributed by atoms with Crippen molar-refractivity contribution in [2.24, 2.45) is 0 Å². The van der Waals surface area contributed by atoms with E-state index in [1.165, 1.54) is 0 Å². The SMILES string of the molecule is Cc1ncc(C(C)(F)F)c(Nc2cc(C)[nH]n2)n1. The molecule has 2 aromatic heterocycles. The van der Waals surface area contributed by atoms with Gasteiger partial charge in [0.25, 0.3) is 5.92 Å². The molecule has 0 saturated heterocycles. The van der Waals surface area contributed by atoms with Gasteiger partial charge < -0.3 is 5.32 Å². The number of hydrogen-bond donors (Lipinski definition) is 2. The Kier molecular flexibility index (Phi) is 2.98. The first-order valence-electron chi connectivity index (χ1n) is 5.37. The van der Waals surface area contributed by atoms with E-state index in [1.807, 2.05) is 6.92 Å². The van der Waals surface area contributed by atoms with Gasteiger partial charge in [0.15, 0.2) is 5.82 Å². The summed E-state index contributed by atoms with van der Waals surface area (Å²) in [5.41, 5.74) is 0.571. The van der Waals surface area contributed by atoms with Crippen LogP contribution in [0.4, 0.5) is 20.4 Å². The van der Waals surface area contributed by atoms with Crippen molar-refractivity contribution in [3.05, 3.63) is 29.3 Å². The maximum atomic E-state index is 13.4. The maximum absolute atomic E-state index is 13.4. The van der Waals surface area contributed by atoms with Crippen LogP contribution < -0.4 is 5.32 Å². The number of hydrogen-bond acceptors (Lipinski definition) is 4. The highest BCUT2D eigenvalue weighted by Crippen LogP contribution is 2.32. The van der Waals surface area contributed by atoms with Crippen LogP contribution in [-0.4, -0.2) is 20.2 Å². The van der Waals surface area contributed by atoms with Crippen molar-refractivity contribution < 1.29 is 8.78 Å². The summed E-state index contributed by atoms with van der Waals surface area (Å²) in [7, 11) is 0. The molecule has 0 amide bonds. The van der Waals surface area contributed by atoms with Crippen molar-refractivity contribution in [3.63, 3.8) is 0 Å². The van der Waals surface area contributed by atoms with Gasteiger partial charge in [-0.2, -0.15) is 5.10 Å². The average molecular weight is 253 g/mol. The Bertz CT molecular complexity index is 559. The molecular weight excluding hydrogens is 240 g/mol. The van der Waals surface area contributed by atoms with Crippen molar-refractivity contribution in [1.29, 1.82) is 0 Å². The molecule has 0 aliphatic heterocycles. The molecule has 0 spiro atoms. The van der Waals surface area contributed by atoms with Gasteiger partial charge in [-0.3, -0.25) is 5.10 Å². The van der Waals surface area contributed by atoms with Crippen molar-refractivity contribution in [3.8, 4) is 0 Å². The molecule has 0 saturated carbocycles. The summed E-state index contributed by atoms with van der Waals surface area (Å²) in [6, 6.07) is 1.70. The summed E-state index contributed by atoms with van der Waals surface area (Å²) < 4.78 is 26.8. The van der Waals surface area contributed by atoms with Crippen LogP contribution >= 0.6 is 0 Å². The molecule has 0 aliphatic carbocycles. The van der Waals surface area contributed by atoms with E-state index in [2.05, 4.69) is 25.5 Å². The number of nitrogens with zero attached hydrogens (tertiary/aromatic N) is 3. The number of aromatic nitrogens is 4. The Morgan fingerprint density at radius 1 is 1.33 bits per heavy atom. The minimum Gasteiger partial charge on any atom is -0.323 e. The van der Waals surface area contributed by atoms with Crippen LogP contribution in [0.1, 0.15) is 24.0 Å². The number of aryl methyl sites for hydroxylation is 2. The summed E-state index contributed by atoms with van der Waals surface area (Å²) >= 11 is 0. The normalized spacial score (nSPS) is 11.6. The van der Waals surface area contributed by atoms with E-state index in [0.717, 1.165) is 18.8 Å². The molecule has 0 radical (unpaired) electrons. The summed E-state index contributed by atoms with van der Waals surface area (Å²) in [4.78, 5) is 7.78. The van der Waals surface area contributed by atoms with Crippen LogP contribution in [0.3, 0.4) is 0 Å². The Morgan fingerprint density at radius 3 is 2.61 bits per heavy atom. The van der Waals surface area contributed by atoms with Crippen LogP contribution in [0.25, 0.3) is 0 Å². The molecule has 7 heteroatoms. The number of anilines is 2. The lowest BCUT2D eigenvalue weighted by Gasteiger charge is -2.14. The first kappa shape index (κ1) is 12.4. The fourth-order valence-electron chi connectivity index (χ4n) is 1.49. The molecule has 0 fully saturated rings. The van der Waals surface area contributed by atoms with Gasteiger partial charge in [0.05, 0.1) is 5.56 Å². The number of H-pyrrole nitrogens is 1. The lowest BCUT2D eigenvalue weighted by molar-refractivity contribution is 0.0176. The predicted octanol–water partition coefficient (Wildman–Crippen LogP) is 2.67. The number of rotatable bonds is 3. The zero-order valence-corrected chi connectivity index (χ0v) is 10.3. The summed E-state index contributed by atoms with van der Waals surface area (Å²) in [5, 5.41) is 9.41. The third-order valence-electron chi connectivity index (χ3n) is 2.33. The largest absolute Gasteiger partial charge is 0.323 e. The third kappa shape index (κ3) is 2.61. The van der Waals surface area contributed by atoms with Gasteiger partial charge in [0.1, 0.15) is 11.6 Å². The number of halogens is 2. The monoisotopic (exact) mass is 253 g/mol. The Balaban J connectivity index is 2.39. The molecule has 0 unspecified atom stereocenters. The van der Waals surface area contributed by atoms with Crippen LogP contribution in [0.15, 0.2) is 12.3 Å². The molecule has 96 valence electrons. The van der Waals surface area contributed by atoms with Gasteiger partial charge in [-0.1, -0.05) is 0 Å². The van der Waals surface area contributed by atoms with Crippen molar-refractivity contribution in [2.75, 3.05) is 5.32 Å². The molecule has 0 bridgehead atoms. The summed E-state index contributed by atoms with van der Waals surface area (Å²) in [6.07, 6.45) is 1.13. The number of nitrogens with one attached hydrogen (secondary N) is 2. The fourth-order valence-corrected chi connectivity index (χ4v) is 1.49. The summed E-state index contributed by atoms with van der Waals surface area (Å²) in [6.45, 7) is 4.26. The summed E-state index contributed by atoms with van der Waals surface area (Å²) in [5.74, 6) is -2.09. The number of alkyl halides is 2. The fraction of sp³-hybridized carbons (Fsp3) is 0.364. The lowest BCUT2D eigenvalue weighted by Crippen LogP contribution is -2.13. The number of aromatic amines is 1. The molecule has 2 heterocycles. The molecule has 5 nitrogen and oxygen atoms in total. The molecule has 2 N–H and O–H groups in total. The van der Waals surface area contributed by atoms with Crippen molar-refractivity contribution >= 4 is 11.6 Å². The molecule has 2 rings (SSSR count). The quantitative estimate of drug-likeness (QED) is 0.882. The Labute approximate surface area is 103 Å². The van der Waals surface area contributed by atoms with Gasteiger partial charge >= 0.3 is 0 Å². The minimum atomic E-state index is -3.01. The smallest absolute Gasteiger partial charge is 0.275 e. The molecular formula is C11H13F2N5. The first-order chi connectivity index (χ1) is 8.36. The second kappa shape index (κ2) is 4.32. The van der Waals surface area contributed by atoms with Gasteiger partial charge in [-0.15, -0.1) is 0 Å². The van der Waals surface area contributed by atoms with Crippen LogP contribution in [0, 0.1) is 13.8 Å². The maximum Gasteiger partial charge on any atom is 0.275 e. The topological polar surface area (TPSA) is 66.5 Å². The molecule has 18 heavy (non-hydrogen) atoms. The minimum absolute atomic E-state index is 0.0708. The zero-order valence-electron chi connectivity index (χ0n) is 10.3. The van der Waals surface area contributed by atoms with E-state index in [-0.39, 0.29) is 11.4 Å².